The van der Waals surface area contributed by atoms with Gasteiger partial charge in [-0.15, -0.1) is 0 Å². The second-order valence-electron chi connectivity index (χ2n) is 5.00. The first kappa shape index (κ1) is 12.4. The van der Waals surface area contributed by atoms with Crippen molar-refractivity contribution in [2.24, 2.45) is 5.41 Å². The molecule has 1 atom stereocenters. The van der Waals surface area contributed by atoms with Crippen LogP contribution in [0.1, 0.15) is 33.6 Å². The summed E-state index contributed by atoms with van der Waals surface area (Å²) in [7, 11) is -3.45. The fourth-order valence-electron chi connectivity index (χ4n) is 1.24. The van der Waals surface area contributed by atoms with E-state index in [2.05, 4.69) is 4.72 Å². The molecule has 15 heavy (non-hydrogen) atoms. The van der Waals surface area contributed by atoms with Crippen molar-refractivity contribution in [1.82, 2.24) is 4.72 Å². The predicted molar refractivity (Wildman–Crippen MR) is 56.0 cm³/mol. The van der Waals surface area contributed by atoms with E-state index in [1.807, 2.05) is 0 Å². The second kappa shape index (κ2) is 3.75. The normalized spacial score (nSPS) is 19.9. The molecule has 0 aromatic carbocycles. The summed E-state index contributed by atoms with van der Waals surface area (Å²) in [6.45, 7) is 5.09. The Morgan fingerprint density at radius 1 is 1.40 bits per heavy atom. The highest BCUT2D eigenvalue weighted by Crippen LogP contribution is 2.29. The van der Waals surface area contributed by atoms with E-state index in [4.69, 9.17) is 5.11 Å². The number of hydrogen-bond donors (Lipinski definition) is 2. The summed E-state index contributed by atoms with van der Waals surface area (Å²) < 4.78 is 25.4. The molecular weight excluding hydrogens is 218 g/mol. The molecule has 0 aromatic rings. The zero-order chi connectivity index (χ0) is 11.9. The van der Waals surface area contributed by atoms with Crippen molar-refractivity contribution in [3.8, 4) is 0 Å². The van der Waals surface area contributed by atoms with Crippen LogP contribution in [0.4, 0.5) is 0 Å². The third-order valence-corrected chi connectivity index (χ3v) is 4.27. The first-order valence-corrected chi connectivity index (χ1v) is 6.43. The molecular formula is C9H17NO4S. The average Bonchev–Trinajstić information content (AvgIpc) is 2.79. The van der Waals surface area contributed by atoms with Gasteiger partial charge in [-0.25, -0.2) is 13.1 Å². The molecule has 1 saturated carbocycles. The zero-order valence-corrected chi connectivity index (χ0v) is 9.97. The Morgan fingerprint density at radius 2 is 1.87 bits per heavy atom. The highest BCUT2D eigenvalue weighted by molar-refractivity contribution is 7.90. The van der Waals surface area contributed by atoms with Gasteiger partial charge in [0.2, 0.25) is 10.0 Å². The standard InChI is InChI=1S/C9H17NO4S/c1-9(2,3)7(8(11)12)10-15(13,14)6-4-5-6/h6-7,10H,4-5H2,1-3H3,(H,11,12)/t7-/m1/s1. The topological polar surface area (TPSA) is 83.5 Å². The van der Waals surface area contributed by atoms with Crippen LogP contribution in [0.2, 0.25) is 0 Å². The summed E-state index contributed by atoms with van der Waals surface area (Å²) in [5.41, 5.74) is -0.631. The Balaban J connectivity index is 2.80. The van der Waals surface area contributed by atoms with Gasteiger partial charge < -0.3 is 5.11 Å². The van der Waals surface area contributed by atoms with Crippen molar-refractivity contribution in [3.63, 3.8) is 0 Å². The van der Waals surface area contributed by atoms with E-state index in [-0.39, 0.29) is 5.25 Å². The van der Waals surface area contributed by atoms with Gasteiger partial charge in [0.05, 0.1) is 5.25 Å². The Hall–Kier alpha value is -0.620. The maximum absolute atomic E-state index is 11.6. The van der Waals surface area contributed by atoms with Gasteiger partial charge in [-0.1, -0.05) is 20.8 Å². The van der Waals surface area contributed by atoms with Gasteiger partial charge in [0.25, 0.3) is 0 Å². The Morgan fingerprint density at radius 3 is 2.13 bits per heavy atom. The largest absolute Gasteiger partial charge is 0.480 e. The van der Waals surface area contributed by atoms with Crippen LogP contribution in [0.3, 0.4) is 0 Å². The van der Waals surface area contributed by atoms with Crippen LogP contribution in [0.5, 0.6) is 0 Å². The van der Waals surface area contributed by atoms with Crippen LogP contribution in [-0.4, -0.2) is 30.8 Å². The molecule has 2 N–H and O–H groups in total. The number of carboxylic acid groups (broad SMARTS) is 1. The molecule has 0 saturated heterocycles. The fourth-order valence-corrected chi connectivity index (χ4v) is 2.97. The van der Waals surface area contributed by atoms with Crippen LogP contribution >= 0.6 is 0 Å². The predicted octanol–water partition coefficient (Wildman–Crippen LogP) is 0.567. The Bertz CT molecular complexity index is 351. The SMILES string of the molecule is CC(C)(C)[C@H](NS(=O)(=O)C1CC1)C(=O)O. The summed E-state index contributed by atoms with van der Waals surface area (Å²) >= 11 is 0. The van der Waals surface area contributed by atoms with E-state index >= 15 is 0 Å². The van der Waals surface area contributed by atoms with Crippen LogP contribution in [-0.2, 0) is 14.8 Å². The van der Waals surface area contributed by atoms with Crippen molar-refractivity contribution in [3.05, 3.63) is 0 Å². The van der Waals surface area contributed by atoms with E-state index in [1.165, 1.54) is 0 Å². The molecule has 1 aliphatic carbocycles. The lowest BCUT2D eigenvalue weighted by atomic mass is 9.88. The van der Waals surface area contributed by atoms with Gasteiger partial charge in [-0.05, 0) is 18.3 Å². The lowest BCUT2D eigenvalue weighted by Crippen LogP contribution is -2.49. The molecule has 0 unspecified atom stereocenters. The highest BCUT2D eigenvalue weighted by Gasteiger charge is 2.41. The number of hydrogen-bond acceptors (Lipinski definition) is 3. The lowest BCUT2D eigenvalue weighted by molar-refractivity contribution is -0.141. The molecule has 5 nitrogen and oxygen atoms in total. The molecule has 1 fully saturated rings. The number of aliphatic carboxylic acids is 1. The summed E-state index contributed by atoms with van der Waals surface area (Å²) in [4.78, 5) is 10.9. The van der Waals surface area contributed by atoms with E-state index in [0.717, 1.165) is 0 Å². The monoisotopic (exact) mass is 235 g/mol. The minimum atomic E-state index is -3.45. The zero-order valence-electron chi connectivity index (χ0n) is 9.15. The lowest BCUT2D eigenvalue weighted by Gasteiger charge is -2.27. The number of sulfonamides is 1. The van der Waals surface area contributed by atoms with Crippen LogP contribution < -0.4 is 4.72 Å². The fraction of sp³-hybridized carbons (Fsp3) is 0.889. The second-order valence-corrected chi connectivity index (χ2v) is 6.99. The van der Waals surface area contributed by atoms with Crippen molar-refractivity contribution in [2.45, 2.75) is 44.9 Å². The Kier molecular flexibility index (Phi) is 3.11. The van der Waals surface area contributed by atoms with E-state index < -0.39 is 27.4 Å². The van der Waals surface area contributed by atoms with Gasteiger partial charge in [-0.3, -0.25) is 4.79 Å². The molecule has 1 aliphatic rings. The number of carboxylic acids is 1. The quantitative estimate of drug-likeness (QED) is 0.746. The Labute approximate surface area is 89.9 Å². The summed E-state index contributed by atoms with van der Waals surface area (Å²) in [6.07, 6.45) is 1.26. The summed E-state index contributed by atoms with van der Waals surface area (Å²) in [5, 5.41) is 8.56. The maximum atomic E-state index is 11.6. The molecule has 0 heterocycles. The van der Waals surface area contributed by atoms with Crippen molar-refractivity contribution in [2.75, 3.05) is 0 Å². The highest BCUT2D eigenvalue weighted by atomic mass is 32.2. The third-order valence-electron chi connectivity index (χ3n) is 2.36. The molecule has 0 aromatic heterocycles. The molecule has 6 heteroatoms. The third kappa shape index (κ3) is 3.17. The molecule has 0 radical (unpaired) electrons. The first-order chi connectivity index (χ1) is 6.64. The minimum Gasteiger partial charge on any atom is -0.480 e. The van der Waals surface area contributed by atoms with E-state index in [0.29, 0.717) is 12.8 Å². The minimum absolute atomic E-state index is 0.387. The van der Waals surface area contributed by atoms with Crippen molar-refractivity contribution < 1.29 is 18.3 Å². The van der Waals surface area contributed by atoms with Gasteiger partial charge in [-0.2, -0.15) is 0 Å². The molecule has 0 amide bonds. The number of carbonyl (C=O) groups is 1. The van der Waals surface area contributed by atoms with Crippen LogP contribution in [0.15, 0.2) is 0 Å². The number of nitrogens with one attached hydrogen (secondary N) is 1. The molecule has 88 valence electrons. The van der Waals surface area contributed by atoms with Gasteiger partial charge in [0.15, 0.2) is 0 Å². The van der Waals surface area contributed by atoms with Gasteiger partial charge in [0.1, 0.15) is 6.04 Å². The van der Waals surface area contributed by atoms with Gasteiger partial charge >= 0.3 is 5.97 Å². The molecule has 0 aliphatic heterocycles. The first-order valence-electron chi connectivity index (χ1n) is 4.88. The van der Waals surface area contributed by atoms with E-state index in [9.17, 15) is 13.2 Å². The summed E-state index contributed by atoms with van der Waals surface area (Å²) in [6, 6.07) is -1.07. The van der Waals surface area contributed by atoms with E-state index in [1.54, 1.807) is 20.8 Å². The molecule has 1 rings (SSSR count). The molecule has 0 bridgehead atoms. The summed E-state index contributed by atoms with van der Waals surface area (Å²) in [5.74, 6) is -1.13. The van der Waals surface area contributed by atoms with Crippen molar-refractivity contribution in [1.29, 1.82) is 0 Å². The molecule has 0 spiro atoms. The average molecular weight is 235 g/mol. The van der Waals surface area contributed by atoms with Crippen molar-refractivity contribution >= 4 is 16.0 Å². The van der Waals surface area contributed by atoms with Crippen LogP contribution in [0, 0.1) is 5.41 Å². The smallest absolute Gasteiger partial charge is 0.322 e. The van der Waals surface area contributed by atoms with Crippen LogP contribution in [0.25, 0.3) is 0 Å². The number of rotatable bonds is 4. The maximum Gasteiger partial charge on any atom is 0.322 e. The van der Waals surface area contributed by atoms with Gasteiger partial charge in [0, 0.05) is 0 Å².